The second-order valence-corrected chi connectivity index (χ2v) is 6.55. The highest BCUT2D eigenvalue weighted by Crippen LogP contribution is 2.12. The molecule has 25 heavy (non-hydrogen) atoms. The van der Waals surface area contributed by atoms with Crippen molar-refractivity contribution in [1.82, 2.24) is 10.6 Å². The van der Waals surface area contributed by atoms with Gasteiger partial charge in [-0.05, 0) is 37.1 Å². The van der Waals surface area contributed by atoms with Crippen molar-refractivity contribution in [3.8, 4) is 0 Å². The number of nitrogens with one attached hydrogen (secondary N) is 2. The first-order chi connectivity index (χ1) is 11.6. The number of hydrogen-bond acceptors (Lipinski definition) is 5. The van der Waals surface area contributed by atoms with Crippen LogP contribution < -0.4 is 16.4 Å². The van der Waals surface area contributed by atoms with Gasteiger partial charge in [0.2, 0.25) is 0 Å². The third kappa shape index (κ3) is 6.54. The summed E-state index contributed by atoms with van der Waals surface area (Å²) in [5.74, 6) is -2.36. The molecular formula is C16H20BrN3O5. The van der Waals surface area contributed by atoms with Gasteiger partial charge >= 0.3 is 12.0 Å². The van der Waals surface area contributed by atoms with E-state index in [4.69, 9.17) is 10.5 Å². The molecule has 0 radical (unpaired) electrons. The summed E-state index contributed by atoms with van der Waals surface area (Å²) in [6, 6.07) is 4.61. The number of carbonyl (C=O) groups is 4. The number of halogens is 1. The molecule has 1 aromatic carbocycles. The summed E-state index contributed by atoms with van der Waals surface area (Å²) in [6.07, 6.45) is -1.23. The molecule has 0 spiro atoms. The van der Waals surface area contributed by atoms with E-state index in [1.165, 1.54) is 6.92 Å². The average molecular weight is 414 g/mol. The monoisotopic (exact) mass is 413 g/mol. The number of nitrogens with two attached hydrogens (primary N) is 1. The largest absolute Gasteiger partial charge is 0.451 e. The molecule has 1 unspecified atom stereocenters. The molecule has 2 atom stereocenters. The lowest BCUT2D eigenvalue weighted by Crippen LogP contribution is -2.48. The van der Waals surface area contributed by atoms with Crippen molar-refractivity contribution in [2.75, 3.05) is 0 Å². The molecule has 0 saturated carbocycles. The van der Waals surface area contributed by atoms with E-state index < -0.39 is 36.0 Å². The van der Waals surface area contributed by atoms with Crippen LogP contribution in [0.5, 0.6) is 0 Å². The summed E-state index contributed by atoms with van der Waals surface area (Å²) in [4.78, 5) is 46.8. The number of benzene rings is 1. The summed E-state index contributed by atoms with van der Waals surface area (Å²) in [7, 11) is 0. The molecule has 0 bridgehead atoms. The van der Waals surface area contributed by atoms with Gasteiger partial charge in [-0.15, -0.1) is 0 Å². The molecule has 4 N–H and O–H groups in total. The van der Waals surface area contributed by atoms with E-state index in [9.17, 15) is 19.2 Å². The van der Waals surface area contributed by atoms with Gasteiger partial charge in [-0.1, -0.05) is 29.8 Å². The van der Waals surface area contributed by atoms with E-state index in [2.05, 4.69) is 21.2 Å². The summed E-state index contributed by atoms with van der Waals surface area (Å²) in [5.41, 5.74) is 5.22. The fraction of sp³-hybridized carbons (Fsp3) is 0.375. The molecular weight excluding hydrogens is 394 g/mol. The van der Waals surface area contributed by atoms with E-state index in [0.29, 0.717) is 5.56 Å². The molecule has 0 aromatic heterocycles. The maximum Gasteiger partial charge on any atom is 0.329 e. The number of amides is 4. The standard InChI is InChI=1S/C16H20BrN3O5/c1-8(2)12(15(23)25-9(3)13(21)20-16(18)24)19-14(22)10-4-6-11(17)7-5-10/h4-9,12H,1-3H3,(H,19,22)(H3,18,20,21,24)/t9?,12-/m1/s1. The van der Waals surface area contributed by atoms with Crippen molar-refractivity contribution in [2.24, 2.45) is 11.7 Å². The van der Waals surface area contributed by atoms with Crippen LogP contribution in [0.1, 0.15) is 31.1 Å². The molecule has 0 aliphatic rings. The lowest BCUT2D eigenvalue weighted by atomic mass is 10.0. The molecule has 0 aliphatic carbocycles. The Kier molecular flexibility index (Phi) is 7.56. The first-order valence-corrected chi connectivity index (χ1v) is 8.28. The number of imide groups is 1. The van der Waals surface area contributed by atoms with Gasteiger partial charge in [-0.3, -0.25) is 14.9 Å². The normalized spacial score (nSPS) is 12.8. The fourth-order valence-electron chi connectivity index (χ4n) is 1.85. The minimum Gasteiger partial charge on any atom is -0.451 e. The predicted molar refractivity (Wildman–Crippen MR) is 93.5 cm³/mol. The Labute approximate surface area is 153 Å². The first-order valence-electron chi connectivity index (χ1n) is 7.49. The van der Waals surface area contributed by atoms with E-state index in [1.807, 2.05) is 5.32 Å². The maximum atomic E-state index is 12.3. The molecule has 1 aromatic rings. The molecule has 1 rings (SSSR count). The van der Waals surface area contributed by atoms with Crippen LogP contribution in [0.2, 0.25) is 0 Å². The van der Waals surface area contributed by atoms with Crippen molar-refractivity contribution in [3.63, 3.8) is 0 Å². The lowest BCUT2D eigenvalue weighted by Gasteiger charge is -2.22. The Balaban J connectivity index is 2.76. The van der Waals surface area contributed by atoms with Crippen molar-refractivity contribution >= 4 is 39.7 Å². The lowest BCUT2D eigenvalue weighted by molar-refractivity contribution is -0.157. The number of carbonyl (C=O) groups excluding carboxylic acids is 4. The second kappa shape index (κ2) is 9.16. The van der Waals surface area contributed by atoms with Crippen molar-refractivity contribution in [2.45, 2.75) is 32.9 Å². The Morgan fingerprint density at radius 3 is 2.12 bits per heavy atom. The van der Waals surface area contributed by atoms with Gasteiger partial charge in [-0.25, -0.2) is 9.59 Å². The third-order valence-electron chi connectivity index (χ3n) is 3.22. The van der Waals surface area contributed by atoms with Crippen LogP contribution in [0, 0.1) is 5.92 Å². The van der Waals surface area contributed by atoms with Gasteiger partial charge < -0.3 is 15.8 Å². The summed E-state index contributed by atoms with van der Waals surface area (Å²) in [6.45, 7) is 4.74. The van der Waals surface area contributed by atoms with Gasteiger partial charge in [0.25, 0.3) is 11.8 Å². The average Bonchev–Trinajstić information content (AvgIpc) is 2.51. The fourth-order valence-corrected chi connectivity index (χ4v) is 2.11. The SMILES string of the molecule is CC(OC(=O)[C@H](NC(=O)c1ccc(Br)cc1)C(C)C)C(=O)NC(N)=O. The van der Waals surface area contributed by atoms with Gasteiger partial charge in [0.05, 0.1) is 0 Å². The third-order valence-corrected chi connectivity index (χ3v) is 3.75. The van der Waals surface area contributed by atoms with Crippen molar-refractivity contribution in [1.29, 1.82) is 0 Å². The highest BCUT2D eigenvalue weighted by atomic mass is 79.9. The van der Waals surface area contributed by atoms with E-state index in [1.54, 1.807) is 38.1 Å². The van der Waals surface area contributed by atoms with Gasteiger partial charge in [0.15, 0.2) is 6.10 Å². The smallest absolute Gasteiger partial charge is 0.329 e. The van der Waals surface area contributed by atoms with Crippen molar-refractivity contribution in [3.05, 3.63) is 34.3 Å². The highest BCUT2D eigenvalue weighted by molar-refractivity contribution is 9.10. The Morgan fingerprint density at radius 1 is 1.08 bits per heavy atom. The molecule has 0 saturated heterocycles. The zero-order valence-electron chi connectivity index (χ0n) is 14.0. The van der Waals surface area contributed by atoms with E-state index >= 15 is 0 Å². The molecule has 0 heterocycles. The zero-order valence-corrected chi connectivity index (χ0v) is 15.6. The quantitative estimate of drug-likeness (QED) is 0.606. The van der Waals surface area contributed by atoms with Crippen LogP contribution in [0.3, 0.4) is 0 Å². The number of esters is 1. The molecule has 4 amide bonds. The van der Waals surface area contributed by atoms with Crippen LogP contribution in [0.15, 0.2) is 28.7 Å². The summed E-state index contributed by atoms with van der Waals surface area (Å²) < 4.78 is 5.83. The topological polar surface area (TPSA) is 128 Å². The minimum absolute atomic E-state index is 0.279. The van der Waals surface area contributed by atoms with Gasteiger partial charge in [-0.2, -0.15) is 0 Å². The van der Waals surface area contributed by atoms with E-state index in [-0.39, 0.29) is 5.92 Å². The molecule has 8 nitrogen and oxygen atoms in total. The molecule has 9 heteroatoms. The molecule has 0 aliphatic heterocycles. The van der Waals surface area contributed by atoms with Crippen LogP contribution in [-0.2, 0) is 14.3 Å². The number of hydrogen-bond donors (Lipinski definition) is 3. The van der Waals surface area contributed by atoms with E-state index in [0.717, 1.165) is 4.47 Å². The number of rotatable bonds is 6. The van der Waals surface area contributed by atoms with Crippen LogP contribution in [0.4, 0.5) is 4.79 Å². The Bertz CT molecular complexity index is 660. The number of ether oxygens (including phenoxy) is 1. The molecule has 0 fully saturated rings. The highest BCUT2D eigenvalue weighted by Gasteiger charge is 2.29. The zero-order chi connectivity index (χ0) is 19.1. The number of primary amides is 1. The predicted octanol–water partition coefficient (Wildman–Crippen LogP) is 1.33. The second-order valence-electron chi connectivity index (χ2n) is 5.63. The van der Waals surface area contributed by atoms with Crippen LogP contribution in [0.25, 0.3) is 0 Å². The van der Waals surface area contributed by atoms with Gasteiger partial charge in [0.1, 0.15) is 6.04 Å². The first kappa shape index (κ1) is 20.6. The summed E-state index contributed by atoms with van der Waals surface area (Å²) >= 11 is 3.27. The Morgan fingerprint density at radius 2 is 1.64 bits per heavy atom. The Hall–Kier alpha value is -2.42. The van der Waals surface area contributed by atoms with Crippen LogP contribution >= 0.6 is 15.9 Å². The van der Waals surface area contributed by atoms with Gasteiger partial charge in [0, 0.05) is 10.0 Å². The maximum absolute atomic E-state index is 12.3. The van der Waals surface area contributed by atoms with Crippen LogP contribution in [-0.4, -0.2) is 36.0 Å². The number of urea groups is 1. The minimum atomic E-state index is -1.23. The summed E-state index contributed by atoms with van der Waals surface area (Å²) in [5, 5.41) is 4.40. The van der Waals surface area contributed by atoms with Crippen molar-refractivity contribution < 1.29 is 23.9 Å². The molecule has 136 valence electrons.